The lowest BCUT2D eigenvalue weighted by Crippen LogP contribution is -2.37. The number of hydrogen-bond donors (Lipinski definition) is 0. The summed E-state index contributed by atoms with van der Waals surface area (Å²) in [4.78, 5) is 0. The van der Waals surface area contributed by atoms with Gasteiger partial charge in [-0.05, 0) is 12.3 Å². The van der Waals surface area contributed by atoms with Gasteiger partial charge in [-0.25, -0.2) is 8.42 Å². The molecule has 0 bridgehead atoms. The van der Waals surface area contributed by atoms with E-state index in [-0.39, 0.29) is 6.04 Å². The Morgan fingerprint density at radius 3 is 2.50 bits per heavy atom. The minimum absolute atomic E-state index is 0.00154. The maximum absolute atomic E-state index is 11.2. The summed E-state index contributed by atoms with van der Waals surface area (Å²) < 4.78 is 23.9. The monoisotopic (exact) mass is 211 g/mol. The summed E-state index contributed by atoms with van der Waals surface area (Å²) in [6, 6.07) is 0.00154. The number of hydrogen-bond acceptors (Lipinski definition) is 2. The van der Waals surface area contributed by atoms with E-state index in [2.05, 4.69) is 0 Å². The first-order chi connectivity index (χ1) is 5.46. The maximum atomic E-state index is 11.2. The van der Waals surface area contributed by atoms with Gasteiger partial charge in [-0.2, -0.15) is 4.31 Å². The molecule has 2 unspecified atom stereocenters. The molecule has 1 fully saturated rings. The Bertz CT molecular complexity index is 252. The van der Waals surface area contributed by atoms with Crippen molar-refractivity contribution in [3.05, 3.63) is 0 Å². The molecule has 0 saturated carbocycles. The first-order valence-corrected chi connectivity index (χ1v) is 6.38. The average molecular weight is 212 g/mol. The molecule has 0 amide bonds. The Labute approximate surface area is 78.7 Å². The van der Waals surface area contributed by atoms with Gasteiger partial charge in [-0.15, -0.1) is 11.6 Å². The second-order valence-corrected chi connectivity index (χ2v) is 5.60. The molecule has 0 aliphatic carbocycles. The van der Waals surface area contributed by atoms with E-state index >= 15 is 0 Å². The van der Waals surface area contributed by atoms with Gasteiger partial charge < -0.3 is 0 Å². The lowest BCUT2D eigenvalue weighted by molar-refractivity contribution is 0.378. The summed E-state index contributed by atoms with van der Waals surface area (Å²) in [6.45, 7) is 2.66. The van der Waals surface area contributed by atoms with E-state index in [0.29, 0.717) is 18.3 Å². The summed E-state index contributed by atoms with van der Waals surface area (Å²) in [5.41, 5.74) is 0. The lowest BCUT2D eigenvalue weighted by Gasteiger charge is -2.22. The van der Waals surface area contributed by atoms with Gasteiger partial charge in [0.25, 0.3) is 0 Å². The summed E-state index contributed by atoms with van der Waals surface area (Å²) in [5, 5.41) is 0. The van der Waals surface area contributed by atoms with E-state index in [0.717, 1.165) is 6.42 Å². The van der Waals surface area contributed by atoms with Crippen LogP contribution in [0.25, 0.3) is 0 Å². The number of nitrogens with zero attached hydrogens (tertiary/aromatic N) is 1. The molecule has 1 aliphatic rings. The molecular weight excluding hydrogens is 198 g/mol. The van der Waals surface area contributed by atoms with Gasteiger partial charge in [0.1, 0.15) is 0 Å². The molecule has 0 N–H and O–H groups in total. The predicted molar refractivity (Wildman–Crippen MR) is 49.8 cm³/mol. The fourth-order valence-corrected chi connectivity index (χ4v) is 3.38. The van der Waals surface area contributed by atoms with E-state index < -0.39 is 10.0 Å². The standard InChI is InChI=1S/C7H14ClNO2S/c1-6-3-4-9(7(6)5-8)12(2,10)11/h6-7H,3-5H2,1-2H3. The Balaban J connectivity index is 2.81. The first kappa shape index (κ1) is 10.3. The highest BCUT2D eigenvalue weighted by Gasteiger charge is 2.35. The van der Waals surface area contributed by atoms with Gasteiger partial charge in [0, 0.05) is 18.5 Å². The van der Waals surface area contributed by atoms with E-state index in [1.54, 1.807) is 0 Å². The highest BCUT2D eigenvalue weighted by atomic mass is 35.5. The Hall–Kier alpha value is 0.200. The van der Waals surface area contributed by atoms with Gasteiger partial charge in [0.15, 0.2) is 0 Å². The lowest BCUT2D eigenvalue weighted by atomic mass is 10.1. The van der Waals surface area contributed by atoms with Crippen molar-refractivity contribution in [3.8, 4) is 0 Å². The van der Waals surface area contributed by atoms with Crippen LogP contribution in [0, 0.1) is 5.92 Å². The van der Waals surface area contributed by atoms with Crippen LogP contribution in [0.2, 0.25) is 0 Å². The number of halogens is 1. The second-order valence-electron chi connectivity index (χ2n) is 3.36. The summed E-state index contributed by atoms with van der Waals surface area (Å²) in [5.74, 6) is 0.783. The summed E-state index contributed by atoms with van der Waals surface area (Å²) >= 11 is 5.70. The van der Waals surface area contributed by atoms with Gasteiger partial charge in [0.05, 0.1) is 6.26 Å². The molecule has 0 radical (unpaired) electrons. The van der Waals surface area contributed by atoms with Crippen LogP contribution in [0.4, 0.5) is 0 Å². The van der Waals surface area contributed by atoms with Gasteiger partial charge in [0.2, 0.25) is 10.0 Å². The van der Waals surface area contributed by atoms with Crippen LogP contribution in [-0.2, 0) is 10.0 Å². The third-order valence-electron chi connectivity index (χ3n) is 2.42. The van der Waals surface area contributed by atoms with Crippen molar-refractivity contribution in [1.29, 1.82) is 0 Å². The van der Waals surface area contributed by atoms with Crippen LogP contribution in [0.5, 0.6) is 0 Å². The molecule has 1 aliphatic heterocycles. The van der Waals surface area contributed by atoms with Crippen LogP contribution in [0.1, 0.15) is 13.3 Å². The van der Waals surface area contributed by atoms with Crippen molar-refractivity contribution in [1.82, 2.24) is 4.31 Å². The van der Waals surface area contributed by atoms with Crippen molar-refractivity contribution < 1.29 is 8.42 Å². The fourth-order valence-electron chi connectivity index (χ4n) is 1.61. The molecule has 1 heterocycles. The molecule has 0 spiro atoms. The maximum Gasteiger partial charge on any atom is 0.211 e. The normalized spacial score (nSPS) is 32.6. The Morgan fingerprint density at radius 2 is 2.17 bits per heavy atom. The number of rotatable bonds is 2. The molecule has 1 saturated heterocycles. The Morgan fingerprint density at radius 1 is 1.58 bits per heavy atom. The molecule has 5 heteroatoms. The van der Waals surface area contributed by atoms with Crippen LogP contribution in [0.15, 0.2) is 0 Å². The van der Waals surface area contributed by atoms with Crippen LogP contribution in [-0.4, -0.2) is 37.4 Å². The molecule has 0 aromatic rings. The first-order valence-electron chi connectivity index (χ1n) is 3.99. The number of alkyl halides is 1. The third-order valence-corrected chi connectivity index (χ3v) is 4.04. The fraction of sp³-hybridized carbons (Fsp3) is 1.00. The summed E-state index contributed by atoms with van der Waals surface area (Å²) in [6.07, 6.45) is 2.16. The highest BCUT2D eigenvalue weighted by Crippen LogP contribution is 2.26. The van der Waals surface area contributed by atoms with Gasteiger partial charge >= 0.3 is 0 Å². The average Bonchev–Trinajstić information content (AvgIpc) is 2.29. The molecule has 0 aromatic heterocycles. The summed E-state index contributed by atoms with van der Waals surface area (Å²) in [7, 11) is -3.05. The molecule has 12 heavy (non-hydrogen) atoms. The molecule has 3 nitrogen and oxygen atoms in total. The Kier molecular flexibility index (Phi) is 3.01. The second kappa shape index (κ2) is 3.52. The zero-order valence-electron chi connectivity index (χ0n) is 7.33. The molecular formula is C7H14ClNO2S. The van der Waals surface area contributed by atoms with Crippen molar-refractivity contribution in [2.75, 3.05) is 18.7 Å². The number of sulfonamides is 1. The molecule has 0 aromatic carbocycles. The van der Waals surface area contributed by atoms with Crippen molar-refractivity contribution in [2.45, 2.75) is 19.4 Å². The SMILES string of the molecule is CC1CCN(S(C)(=O)=O)C1CCl. The predicted octanol–water partition coefficient (Wildman–Crippen LogP) is 0.895. The molecule has 2 atom stereocenters. The van der Waals surface area contributed by atoms with Crippen molar-refractivity contribution >= 4 is 21.6 Å². The highest BCUT2D eigenvalue weighted by molar-refractivity contribution is 7.88. The van der Waals surface area contributed by atoms with Crippen molar-refractivity contribution in [2.24, 2.45) is 5.92 Å². The van der Waals surface area contributed by atoms with Crippen LogP contribution < -0.4 is 0 Å². The zero-order valence-corrected chi connectivity index (χ0v) is 8.90. The zero-order chi connectivity index (χ0) is 9.35. The minimum atomic E-state index is -3.05. The largest absolute Gasteiger partial charge is 0.212 e. The van der Waals surface area contributed by atoms with E-state index in [1.807, 2.05) is 6.92 Å². The third kappa shape index (κ3) is 1.92. The van der Waals surface area contributed by atoms with Crippen LogP contribution >= 0.6 is 11.6 Å². The molecule has 1 rings (SSSR count). The van der Waals surface area contributed by atoms with Gasteiger partial charge in [-0.1, -0.05) is 6.92 Å². The van der Waals surface area contributed by atoms with E-state index in [9.17, 15) is 8.42 Å². The smallest absolute Gasteiger partial charge is 0.211 e. The van der Waals surface area contributed by atoms with Crippen LogP contribution in [0.3, 0.4) is 0 Å². The minimum Gasteiger partial charge on any atom is -0.212 e. The quantitative estimate of drug-likeness (QED) is 0.637. The van der Waals surface area contributed by atoms with Crippen molar-refractivity contribution in [3.63, 3.8) is 0 Å². The molecule has 72 valence electrons. The van der Waals surface area contributed by atoms with E-state index in [4.69, 9.17) is 11.6 Å². The topological polar surface area (TPSA) is 37.4 Å². The van der Waals surface area contributed by atoms with E-state index in [1.165, 1.54) is 10.6 Å². The van der Waals surface area contributed by atoms with Gasteiger partial charge in [-0.3, -0.25) is 0 Å².